The number of nitrogens with one attached hydrogen (secondary N) is 2. The minimum atomic E-state index is -0.556. The lowest BCUT2D eigenvalue weighted by Crippen LogP contribution is -2.30. The Morgan fingerprint density at radius 3 is 2.95 bits per heavy atom. The quantitative estimate of drug-likeness (QED) is 0.774. The number of aliphatic imine (C=N–C) groups is 1. The molecule has 0 radical (unpaired) electrons. The Hall–Kier alpha value is -2.31. The van der Waals surface area contributed by atoms with Gasteiger partial charge in [-0.25, -0.2) is 9.78 Å². The zero-order valence-electron chi connectivity index (χ0n) is 13.3. The molecule has 2 rings (SSSR count). The van der Waals surface area contributed by atoms with Gasteiger partial charge in [0.15, 0.2) is 5.82 Å². The van der Waals surface area contributed by atoms with Gasteiger partial charge in [-0.05, 0) is 20.3 Å². The maximum Gasteiger partial charge on any atom is 0.412 e. The molecule has 2 heterocycles. The van der Waals surface area contributed by atoms with E-state index in [-0.39, 0.29) is 6.04 Å². The molecular formula is C15H23N5O2. The lowest BCUT2D eigenvalue weighted by Gasteiger charge is -2.26. The summed E-state index contributed by atoms with van der Waals surface area (Å²) in [5.74, 6) is 0.655. The summed E-state index contributed by atoms with van der Waals surface area (Å²) in [6.45, 7) is 6.18. The molecule has 7 heteroatoms. The van der Waals surface area contributed by atoms with Crippen LogP contribution in [0.2, 0.25) is 0 Å². The predicted octanol–water partition coefficient (Wildman–Crippen LogP) is 3.31. The standard InChI is InChI=1S/C15H23N5O2/c1-4-6-7-10-9(3)17-11-8-12(20-15(21)22-5-2)19-14(16)13(11)18-10/h8,10,18H,4-7H2,1-3H3,(H3,16,19,20,21). The number of nitrogens with two attached hydrogens (primary N) is 1. The second kappa shape index (κ2) is 7.11. The fourth-order valence-corrected chi connectivity index (χ4v) is 2.36. The zero-order chi connectivity index (χ0) is 16.1. The highest BCUT2D eigenvalue weighted by Gasteiger charge is 2.22. The van der Waals surface area contributed by atoms with Gasteiger partial charge in [0.2, 0.25) is 0 Å². The monoisotopic (exact) mass is 305 g/mol. The average molecular weight is 305 g/mol. The number of anilines is 3. The number of nitrogen functional groups attached to an aromatic ring is 1. The van der Waals surface area contributed by atoms with Crippen LogP contribution in [0.5, 0.6) is 0 Å². The van der Waals surface area contributed by atoms with Crippen LogP contribution in [0.25, 0.3) is 0 Å². The summed E-state index contributed by atoms with van der Waals surface area (Å²) in [5, 5.41) is 5.94. The first-order chi connectivity index (χ1) is 10.5. The molecule has 1 amide bonds. The van der Waals surface area contributed by atoms with Crippen molar-refractivity contribution in [3.63, 3.8) is 0 Å². The van der Waals surface area contributed by atoms with Crippen molar-refractivity contribution < 1.29 is 9.53 Å². The second-order valence-corrected chi connectivity index (χ2v) is 5.22. The Balaban J connectivity index is 2.21. The summed E-state index contributed by atoms with van der Waals surface area (Å²) < 4.78 is 4.83. The number of carbonyl (C=O) groups excluding carboxylic acids is 1. The van der Waals surface area contributed by atoms with Crippen molar-refractivity contribution >= 4 is 34.8 Å². The number of pyridine rings is 1. The van der Waals surface area contributed by atoms with Gasteiger partial charge in [-0.2, -0.15) is 0 Å². The van der Waals surface area contributed by atoms with Crippen LogP contribution in [-0.2, 0) is 4.74 Å². The minimum Gasteiger partial charge on any atom is -0.450 e. The number of nitrogens with zero attached hydrogens (tertiary/aromatic N) is 2. The fraction of sp³-hybridized carbons (Fsp3) is 0.533. The van der Waals surface area contributed by atoms with Gasteiger partial charge in [-0.3, -0.25) is 10.3 Å². The lowest BCUT2D eigenvalue weighted by atomic mass is 10.0. The van der Waals surface area contributed by atoms with Crippen LogP contribution in [-0.4, -0.2) is 29.4 Å². The molecule has 1 atom stereocenters. The third kappa shape index (κ3) is 3.66. The molecule has 1 aromatic rings. The third-order valence-corrected chi connectivity index (χ3v) is 3.50. The van der Waals surface area contributed by atoms with Crippen LogP contribution in [0.15, 0.2) is 11.1 Å². The van der Waals surface area contributed by atoms with Gasteiger partial charge in [-0.1, -0.05) is 19.8 Å². The van der Waals surface area contributed by atoms with Crippen molar-refractivity contribution in [2.45, 2.75) is 46.1 Å². The van der Waals surface area contributed by atoms with Crippen LogP contribution in [0.3, 0.4) is 0 Å². The normalized spacial score (nSPS) is 16.3. The van der Waals surface area contributed by atoms with Crippen LogP contribution in [0, 0.1) is 0 Å². The third-order valence-electron chi connectivity index (χ3n) is 3.50. The van der Waals surface area contributed by atoms with Gasteiger partial charge in [0.25, 0.3) is 0 Å². The maximum atomic E-state index is 11.5. The molecule has 0 saturated heterocycles. The van der Waals surface area contributed by atoms with Gasteiger partial charge in [-0.15, -0.1) is 0 Å². The van der Waals surface area contributed by atoms with Crippen molar-refractivity contribution in [3.05, 3.63) is 6.07 Å². The molecule has 0 bridgehead atoms. The molecule has 7 nitrogen and oxygen atoms in total. The number of hydrogen-bond acceptors (Lipinski definition) is 6. The number of ether oxygens (including phenoxy) is 1. The molecule has 4 N–H and O–H groups in total. The van der Waals surface area contributed by atoms with Crippen molar-refractivity contribution in [1.82, 2.24) is 4.98 Å². The molecule has 0 aromatic carbocycles. The largest absolute Gasteiger partial charge is 0.450 e. The molecule has 1 aromatic heterocycles. The molecule has 1 aliphatic rings. The van der Waals surface area contributed by atoms with Gasteiger partial charge in [0.05, 0.1) is 18.3 Å². The number of hydrogen-bond donors (Lipinski definition) is 3. The Morgan fingerprint density at radius 1 is 1.50 bits per heavy atom. The highest BCUT2D eigenvalue weighted by molar-refractivity contribution is 5.99. The minimum absolute atomic E-state index is 0.181. The van der Waals surface area contributed by atoms with E-state index < -0.39 is 6.09 Å². The topological polar surface area (TPSA) is 102 Å². The number of unbranched alkanes of at least 4 members (excludes halogenated alkanes) is 1. The van der Waals surface area contributed by atoms with Crippen molar-refractivity contribution in [2.24, 2.45) is 4.99 Å². The van der Waals surface area contributed by atoms with Gasteiger partial charge in [0.1, 0.15) is 11.5 Å². The van der Waals surface area contributed by atoms with Gasteiger partial charge in [0, 0.05) is 11.8 Å². The summed E-state index contributed by atoms with van der Waals surface area (Å²) >= 11 is 0. The first kappa shape index (κ1) is 16.1. The van der Waals surface area contributed by atoms with E-state index in [1.165, 1.54) is 0 Å². The van der Waals surface area contributed by atoms with E-state index in [0.29, 0.717) is 23.9 Å². The van der Waals surface area contributed by atoms with Crippen molar-refractivity contribution in [2.75, 3.05) is 23.0 Å². The van der Waals surface area contributed by atoms with Gasteiger partial charge < -0.3 is 15.8 Å². The Kier molecular flexibility index (Phi) is 5.19. The van der Waals surface area contributed by atoms with E-state index >= 15 is 0 Å². The first-order valence-electron chi connectivity index (χ1n) is 7.61. The molecule has 0 fully saturated rings. The maximum absolute atomic E-state index is 11.5. The van der Waals surface area contributed by atoms with Crippen LogP contribution < -0.4 is 16.4 Å². The zero-order valence-corrected chi connectivity index (χ0v) is 13.3. The molecule has 22 heavy (non-hydrogen) atoms. The van der Waals surface area contributed by atoms with Crippen LogP contribution in [0.1, 0.15) is 40.0 Å². The van der Waals surface area contributed by atoms with Crippen LogP contribution >= 0.6 is 0 Å². The Morgan fingerprint density at radius 2 is 2.27 bits per heavy atom. The predicted molar refractivity (Wildman–Crippen MR) is 89.0 cm³/mol. The fourth-order valence-electron chi connectivity index (χ4n) is 2.36. The van der Waals surface area contributed by atoms with E-state index in [9.17, 15) is 4.79 Å². The number of aromatic nitrogens is 1. The van der Waals surface area contributed by atoms with E-state index in [1.807, 2.05) is 6.92 Å². The number of rotatable bonds is 5. The average Bonchev–Trinajstić information content (AvgIpc) is 2.45. The Labute approximate surface area is 130 Å². The molecule has 0 saturated carbocycles. The van der Waals surface area contributed by atoms with E-state index in [0.717, 1.165) is 30.7 Å². The first-order valence-corrected chi connectivity index (χ1v) is 7.61. The van der Waals surface area contributed by atoms with Crippen molar-refractivity contribution in [1.29, 1.82) is 0 Å². The number of carbonyl (C=O) groups is 1. The lowest BCUT2D eigenvalue weighted by molar-refractivity contribution is 0.168. The summed E-state index contributed by atoms with van der Waals surface area (Å²) in [7, 11) is 0. The Bertz CT molecular complexity index is 586. The van der Waals surface area contributed by atoms with E-state index in [1.54, 1.807) is 13.0 Å². The molecule has 1 unspecified atom stereocenters. The number of amides is 1. The van der Waals surface area contributed by atoms with E-state index in [2.05, 4.69) is 27.5 Å². The highest BCUT2D eigenvalue weighted by Crippen LogP contribution is 2.36. The number of fused-ring (bicyclic) bond motifs is 1. The summed E-state index contributed by atoms with van der Waals surface area (Å²) in [4.78, 5) is 20.2. The summed E-state index contributed by atoms with van der Waals surface area (Å²) in [5.41, 5.74) is 8.41. The smallest absolute Gasteiger partial charge is 0.412 e. The van der Waals surface area contributed by atoms with Gasteiger partial charge >= 0.3 is 6.09 Å². The summed E-state index contributed by atoms with van der Waals surface area (Å²) in [6, 6.07) is 1.87. The molecule has 1 aliphatic heterocycles. The highest BCUT2D eigenvalue weighted by atomic mass is 16.5. The molecular weight excluding hydrogens is 282 g/mol. The second-order valence-electron chi connectivity index (χ2n) is 5.22. The van der Waals surface area contributed by atoms with Crippen LogP contribution in [0.4, 0.5) is 27.8 Å². The molecule has 0 aliphatic carbocycles. The van der Waals surface area contributed by atoms with Crippen molar-refractivity contribution in [3.8, 4) is 0 Å². The SMILES string of the molecule is CCCCC1Nc2c(cc(NC(=O)OCC)nc2N)N=C1C. The van der Waals surface area contributed by atoms with E-state index in [4.69, 9.17) is 10.5 Å². The summed E-state index contributed by atoms with van der Waals surface area (Å²) in [6.07, 6.45) is 2.71. The molecule has 0 spiro atoms. The molecule has 120 valence electrons.